The summed E-state index contributed by atoms with van der Waals surface area (Å²) in [5.74, 6) is 0.730. The van der Waals surface area contributed by atoms with Crippen LogP contribution in [0.5, 0.6) is 5.75 Å². The third-order valence-electron chi connectivity index (χ3n) is 6.28. The van der Waals surface area contributed by atoms with Crippen LogP contribution in [0.3, 0.4) is 0 Å². The first kappa shape index (κ1) is 26.8. The summed E-state index contributed by atoms with van der Waals surface area (Å²) in [6, 6.07) is 15.9. The molecule has 204 valence electrons. The van der Waals surface area contributed by atoms with Gasteiger partial charge in [-0.15, -0.1) is 0 Å². The summed E-state index contributed by atoms with van der Waals surface area (Å²) < 4.78 is 18.5. The van der Waals surface area contributed by atoms with Crippen molar-refractivity contribution >= 4 is 29.1 Å². The fraction of sp³-hybridized carbons (Fsp3) is 0.207. The Morgan fingerprint density at radius 3 is 2.55 bits per heavy atom. The van der Waals surface area contributed by atoms with Crippen LogP contribution in [0.25, 0.3) is 17.4 Å². The molecule has 1 aliphatic rings. The molecule has 11 heteroatoms. The van der Waals surface area contributed by atoms with E-state index in [2.05, 4.69) is 4.99 Å². The third-order valence-corrected chi connectivity index (χ3v) is 7.27. The van der Waals surface area contributed by atoms with Crippen molar-refractivity contribution < 1.29 is 23.6 Å². The van der Waals surface area contributed by atoms with Gasteiger partial charge in [-0.2, -0.15) is 0 Å². The molecular weight excluding hydrogens is 534 g/mol. The van der Waals surface area contributed by atoms with Gasteiger partial charge in [-0.3, -0.25) is 19.5 Å². The van der Waals surface area contributed by atoms with Crippen LogP contribution < -0.4 is 19.6 Å². The van der Waals surface area contributed by atoms with Crippen molar-refractivity contribution in [1.29, 1.82) is 0 Å². The van der Waals surface area contributed by atoms with Gasteiger partial charge < -0.3 is 13.9 Å². The Balaban J connectivity index is 1.63. The minimum Gasteiger partial charge on any atom is -0.497 e. The number of carbonyl (C=O) groups is 1. The lowest BCUT2D eigenvalue weighted by atomic mass is 9.96. The van der Waals surface area contributed by atoms with Crippen LogP contribution in [0.2, 0.25) is 0 Å². The first-order chi connectivity index (χ1) is 19.2. The van der Waals surface area contributed by atoms with E-state index in [-0.39, 0.29) is 22.9 Å². The van der Waals surface area contributed by atoms with E-state index in [0.29, 0.717) is 43.4 Å². The number of nitro benzene ring substituents is 1. The highest BCUT2D eigenvalue weighted by Crippen LogP contribution is 2.33. The standard InChI is InChI=1S/C29H25N3O7S/c1-16(2)38-28(34)25-17(3)30-29-31(26(25)18-9-11-19(37-4)12-10-18)27(33)24(40-29)15-20-13-14-23(39-20)21-7-5-6-8-22(21)32(35)36/h5-16,26H,1-4H3/b24-15-. The zero-order valence-corrected chi connectivity index (χ0v) is 22.9. The predicted molar refractivity (Wildman–Crippen MR) is 149 cm³/mol. The first-order valence-electron chi connectivity index (χ1n) is 12.4. The summed E-state index contributed by atoms with van der Waals surface area (Å²) in [6.07, 6.45) is 1.21. The SMILES string of the molecule is COc1ccc(C2C(C(=O)OC(C)C)=C(C)N=c3s/c(=C\c4ccc(-c5ccccc5[N+](=O)[O-])o4)c(=O)n32)cc1. The number of methoxy groups -OCH3 is 1. The van der Waals surface area contributed by atoms with Crippen LogP contribution in [0, 0.1) is 10.1 Å². The van der Waals surface area contributed by atoms with Crippen molar-refractivity contribution in [1.82, 2.24) is 4.57 Å². The predicted octanol–water partition coefficient (Wildman–Crippen LogP) is 4.36. The third kappa shape index (κ3) is 4.98. The zero-order chi connectivity index (χ0) is 28.6. The normalized spacial score (nSPS) is 15.1. The number of hydrogen-bond donors (Lipinski definition) is 0. The molecule has 1 aliphatic heterocycles. The second-order valence-electron chi connectivity index (χ2n) is 9.29. The molecule has 0 spiro atoms. The number of benzene rings is 2. The number of ether oxygens (including phenoxy) is 2. The molecule has 0 fully saturated rings. The molecule has 0 saturated carbocycles. The number of fused-ring (bicyclic) bond motifs is 1. The first-order valence-corrected chi connectivity index (χ1v) is 13.2. The van der Waals surface area contributed by atoms with E-state index in [9.17, 15) is 19.7 Å². The van der Waals surface area contributed by atoms with Gasteiger partial charge in [0.2, 0.25) is 0 Å². The van der Waals surface area contributed by atoms with Gasteiger partial charge >= 0.3 is 5.97 Å². The Kier molecular flexibility index (Phi) is 7.22. The molecule has 2 aromatic carbocycles. The Labute approximate surface area is 232 Å². The van der Waals surface area contributed by atoms with Gasteiger partial charge in [0.15, 0.2) is 4.80 Å². The molecule has 10 nitrogen and oxygen atoms in total. The Morgan fingerprint density at radius 1 is 1.15 bits per heavy atom. The van der Waals surface area contributed by atoms with E-state index in [1.807, 2.05) is 0 Å². The Hall–Kier alpha value is -4.77. The number of furan rings is 1. The van der Waals surface area contributed by atoms with Crippen molar-refractivity contribution in [2.75, 3.05) is 7.11 Å². The number of rotatable bonds is 7. The summed E-state index contributed by atoms with van der Waals surface area (Å²) in [4.78, 5) is 43.0. The number of hydrogen-bond acceptors (Lipinski definition) is 9. The second kappa shape index (κ2) is 10.8. The van der Waals surface area contributed by atoms with Crippen molar-refractivity contribution in [3.05, 3.63) is 113 Å². The molecule has 3 heterocycles. The number of para-hydroxylation sites is 1. The van der Waals surface area contributed by atoms with E-state index in [1.54, 1.807) is 88.6 Å². The van der Waals surface area contributed by atoms with Crippen LogP contribution in [0.1, 0.15) is 38.1 Å². The number of thiazole rings is 1. The summed E-state index contributed by atoms with van der Waals surface area (Å²) in [6.45, 7) is 5.23. The molecule has 1 unspecified atom stereocenters. The fourth-order valence-electron chi connectivity index (χ4n) is 4.51. The van der Waals surface area contributed by atoms with E-state index in [4.69, 9.17) is 13.9 Å². The Bertz CT molecular complexity index is 1830. The van der Waals surface area contributed by atoms with Gasteiger partial charge in [0.25, 0.3) is 11.2 Å². The van der Waals surface area contributed by atoms with Gasteiger partial charge in [-0.25, -0.2) is 9.79 Å². The quantitative estimate of drug-likeness (QED) is 0.187. The number of aromatic nitrogens is 1. The van der Waals surface area contributed by atoms with E-state index >= 15 is 0 Å². The number of allylic oxidation sites excluding steroid dienone is 1. The van der Waals surface area contributed by atoms with Gasteiger partial charge in [0, 0.05) is 12.1 Å². The highest BCUT2D eigenvalue weighted by atomic mass is 32.1. The van der Waals surface area contributed by atoms with Gasteiger partial charge in [-0.1, -0.05) is 35.6 Å². The molecular formula is C29H25N3O7S. The molecule has 4 aromatic rings. The average molecular weight is 560 g/mol. The van der Waals surface area contributed by atoms with Crippen LogP contribution in [-0.4, -0.2) is 28.7 Å². The average Bonchev–Trinajstić information content (AvgIpc) is 3.51. The van der Waals surface area contributed by atoms with Gasteiger partial charge in [0.1, 0.15) is 17.3 Å². The molecule has 2 aromatic heterocycles. The van der Waals surface area contributed by atoms with Crippen molar-refractivity contribution in [2.45, 2.75) is 32.9 Å². The molecule has 0 bridgehead atoms. The van der Waals surface area contributed by atoms with Crippen molar-refractivity contribution in [3.8, 4) is 17.1 Å². The van der Waals surface area contributed by atoms with Crippen LogP contribution >= 0.6 is 11.3 Å². The molecule has 0 amide bonds. The molecule has 0 N–H and O–H groups in total. The second-order valence-corrected chi connectivity index (χ2v) is 10.3. The number of nitrogens with zero attached hydrogens (tertiary/aromatic N) is 3. The fourth-order valence-corrected chi connectivity index (χ4v) is 5.53. The maximum absolute atomic E-state index is 13.8. The largest absolute Gasteiger partial charge is 0.497 e. The molecule has 1 atom stereocenters. The molecule has 0 radical (unpaired) electrons. The monoisotopic (exact) mass is 559 g/mol. The number of esters is 1. The lowest BCUT2D eigenvalue weighted by molar-refractivity contribution is -0.384. The minimum atomic E-state index is -0.769. The van der Waals surface area contributed by atoms with E-state index in [1.165, 1.54) is 10.6 Å². The highest BCUT2D eigenvalue weighted by Gasteiger charge is 2.34. The summed E-state index contributed by atoms with van der Waals surface area (Å²) in [5.41, 5.74) is 1.30. The molecule has 0 saturated heterocycles. The lowest BCUT2D eigenvalue weighted by Crippen LogP contribution is -2.40. The maximum atomic E-state index is 13.8. The van der Waals surface area contributed by atoms with E-state index in [0.717, 1.165) is 11.3 Å². The van der Waals surface area contributed by atoms with Crippen LogP contribution in [0.15, 0.2) is 86.1 Å². The van der Waals surface area contributed by atoms with Gasteiger partial charge in [0.05, 0.1) is 45.5 Å². The molecule has 5 rings (SSSR count). The summed E-state index contributed by atoms with van der Waals surface area (Å²) in [5, 5.41) is 11.5. The van der Waals surface area contributed by atoms with Crippen LogP contribution in [-0.2, 0) is 9.53 Å². The summed E-state index contributed by atoms with van der Waals surface area (Å²) >= 11 is 1.16. The lowest BCUT2D eigenvalue weighted by Gasteiger charge is -2.25. The highest BCUT2D eigenvalue weighted by molar-refractivity contribution is 7.07. The van der Waals surface area contributed by atoms with E-state index < -0.39 is 16.9 Å². The number of nitro groups is 1. The van der Waals surface area contributed by atoms with Crippen molar-refractivity contribution in [2.24, 2.45) is 4.99 Å². The Morgan fingerprint density at radius 2 is 1.88 bits per heavy atom. The van der Waals surface area contributed by atoms with Crippen LogP contribution in [0.4, 0.5) is 5.69 Å². The summed E-state index contributed by atoms with van der Waals surface area (Å²) in [7, 11) is 1.56. The maximum Gasteiger partial charge on any atom is 0.338 e. The molecule has 40 heavy (non-hydrogen) atoms. The molecule has 0 aliphatic carbocycles. The smallest absolute Gasteiger partial charge is 0.338 e. The van der Waals surface area contributed by atoms with Crippen molar-refractivity contribution in [3.63, 3.8) is 0 Å². The number of carbonyl (C=O) groups excluding carboxylic acids is 1. The van der Waals surface area contributed by atoms with Gasteiger partial charge in [-0.05, 0) is 56.7 Å². The topological polar surface area (TPSA) is 126 Å². The minimum absolute atomic E-state index is 0.0847. The zero-order valence-electron chi connectivity index (χ0n) is 22.1.